The van der Waals surface area contributed by atoms with E-state index in [1.54, 1.807) is 24.3 Å². The van der Waals surface area contributed by atoms with Crippen molar-refractivity contribution in [1.29, 1.82) is 0 Å². The molecule has 0 aromatic heterocycles. The fourth-order valence-corrected chi connectivity index (χ4v) is 5.97. The number of nitrogens with zero attached hydrogens (tertiary/aromatic N) is 1. The molecule has 3 aromatic rings. The van der Waals surface area contributed by atoms with Gasteiger partial charge in [0.15, 0.2) is 0 Å². The molecule has 0 unspecified atom stereocenters. The van der Waals surface area contributed by atoms with Crippen molar-refractivity contribution in [1.82, 2.24) is 4.90 Å². The topological polar surface area (TPSA) is 61.4 Å². The fraction of sp³-hybridized carbons (Fsp3) is 0.394. The van der Waals surface area contributed by atoms with Crippen molar-refractivity contribution in [3.63, 3.8) is 0 Å². The monoisotopic (exact) mass is 587 g/mol. The van der Waals surface area contributed by atoms with E-state index in [1.807, 2.05) is 0 Å². The van der Waals surface area contributed by atoms with Gasteiger partial charge < -0.3 is 15.5 Å². The minimum absolute atomic E-state index is 0.0512. The van der Waals surface area contributed by atoms with E-state index in [1.165, 1.54) is 11.0 Å². The van der Waals surface area contributed by atoms with Crippen LogP contribution in [0.25, 0.3) is 0 Å². The zero-order chi connectivity index (χ0) is 35.0. The van der Waals surface area contributed by atoms with E-state index in [9.17, 15) is 22.8 Å². The van der Waals surface area contributed by atoms with Crippen LogP contribution in [0, 0.1) is 25.4 Å². The molecular formula is C33H35F4N3O2. The summed E-state index contributed by atoms with van der Waals surface area (Å²) in [6.45, 7) is -5.82. The predicted octanol–water partition coefficient (Wildman–Crippen LogP) is 8.05. The summed E-state index contributed by atoms with van der Waals surface area (Å²) < 4.78 is 103. The lowest BCUT2D eigenvalue weighted by atomic mass is 9.83. The number of rotatable bonds is 6. The molecular weight excluding hydrogens is 546 g/mol. The third-order valence-electron chi connectivity index (χ3n) is 8.03. The number of nitrogens with one attached hydrogen (secondary N) is 2. The molecule has 0 bridgehead atoms. The van der Waals surface area contributed by atoms with Gasteiger partial charge in [0.05, 0.1) is 23.1 Å². The van der Waals surface area contributed by atoms with Gasteiger partial charge in [0, 0.05) is 32.2 Å². The van der Waals surface area contributed by atoms with Crippen LogP contribution in [-0.2, 0) is 11.0 Å². The Morgan fingerprint density at radius 3 is 2.31 bits per heavy atom. The average molecular weight is 588 g/mol. The number of piperidine rings is 1. The zero-order valence-corrected chi connectivity index (χ0v) is 22.7. The fourth-order valence-electron chi connectivity index (χ4n) is 5.97. The summed E-state index contributed by atoms with van der Waals surface area (Å²) >= 11 is 0. The van der Waals surface area contributed by atoms with Gasteiger partial charge in [-0.05, 0) is 86.4 Å². The summed E-state index contributed by atoms with van der Waals surface area (Å²) in [6.07, 6.45) is -0.294. The van der Waals surface area contributed by atoms with E-state index in [4.69, 9.17) is 8.22 Å². The average Bonchev–Trinajstić information content (AvgIpc) is 3.52. The Labute approximate surface area is 251 Å². The molecule has 2 amide bonds. The third kappa shape index (κ3) is 6.30. The van der Waals surface area contributed by atoms with Gasteiger partial charge >= 0.3 is 6.18 Å². The van der Waals surface area contributed by atoms with Crippen LogP contribution in [0.4, 0.5) is 28.9 Å². The Balaban J connectivity index is 1.53. The lowest BCUT2D eigenvalue weighted by molar-refractivity contribution is -0.138. The molecule has 0 radical (unpaired) electrons. The van der Waals surface area contributed by atoms with Crippen LogP contribution >= 0.6 is 0 Å². The van der Waals surface area contributed by atoms with Crippen LogP contribution in [0.2, 0.25) is 0 Å². The molecule has 3 aromatic carbocycles. The normalized spacial score (nSPS) is 22.2. The Morgan fingerprint density at radius 2 is 1.62 bits per heavy atom. The van der Waals surface area contributed by atoms with Gasteiger partial charge in [0.2, 0.25) is 5.91 Å². The maximum Gasteiger partial charge on any atom is 0.416 e. The third-order valence-corrected chi connectivity index (χ3v) is 8.03. The molecule has 9 heteroatoms. The number of aryl methyl sites for hydroxylation is 2. The summed E-state index contributed by atoms with van der Waals surface area (Å²) in [5.74, 6) is -3.76. The second kappa shape index (κ2) is 12.2. The highest BCUT2D eigenvalue weighted by Crippen LogP contribution is 2.40. The van der Waals surface area contributed by atoms with E-state index >= 15 is 4.39 Å². The van der Waals surface area contributed by atoms with E-state index in [2.05, 4.69) is 10.6 Å². The van der Waals surface area contributed by atoms with Crippen LogP contribution in [-0.4, -0.2) is 29.3 Å². The van der Waals surface area contributed by atoms with Crippen LogP contribution in [0.15, 0.2) is 60.7 Å². The van der Waals surface area contributed by atoms with E-state index in [0.717, 1.165) is 55.6 Å². The molecule has 5 rings (SSSR count). The quantitative estimate of drug-likeness (QED) is 0.287. The lowest BCUT2D eigenvalue weighted by Crippen LogP contribution is -2.46. The van der Waals surface area contributed by atoms with Crippen LogP contribution in [0.1, 0.15) is 85.4 Å². The van der Waals surface area contributed by atoms with Crippen molar-refractivity contribution in [2.75, 3.05) is 17.2 Å². The van der Waals surface area contributed by atoms with Crippen molar-refractivity contribution in [3.05, 3.63) is 94.3 Å². The highest BCUT2D eigenvalue weighted by Gasteiger charge is 2.41. The van der Waals surface area contributed by atoms with Crippen molar-refractivity contribution in [2.24, 2.45) is 5.92 Å². The second-order valence-electron chi connectivity index (χ2n) is 10.8. The van der Waals surface area contributed by atoms with E-state index in [0.29, 0.717) is 17.7 Å². The van der Waals surface area contributed by atoms with Gasteiger partial charge in [0.1, 0.15) is 5.82 Å². The largest absolute Gasteiger partial charge is 0.416 e. The van der Waals surface area contributed by atoms with Gasteiger partial charge in [-0.25, -0.2) is 4.39 Å². The zero-order valence-electron chi connectivity index (χ0n) is 28.7. The highest BCUT2D eigenvalue weighted by molar-refractivity contribution is 5.98. The summed E-state index contributed by atoms with van der Waals surface area (Å²) in [7, 11) is 0. The molecule has 0 spiro atoms. The first-order valence-electron chi connectivity index (χ1n) is 16.9. The molecule has 1 saturated heterocycles. The number of alkyl halides is 3. The molecule has 1 aliphatic carbocycles. The van der Waals surface area contributed by atoms with Gasteiger partial charge in [-0.1, -0.05) is 43.2 Å². The number of benzene rings is 3. The van der Waals surface area contributed by atoms with E-state index < -0.39 is 71.7 Å². The number of hydrogen-bond donors (Lipinski definition) is 2. The molecule has 2 aliphatic rings. The van der Waals surface area contributed by atoms with E-state index in [-0.39, 0.29) is 25.1 Å². The Bertz CT molecular complexity index is 1650. The molecule has 1 heterocycles. The highest BCUT2D eigenvalue weighted by atomic mass is 19.4. The van der Waals surface area contributed by atoms with Crippen molar-refractivity contribution in [3.8, 4) is 0 Å². The smallest absolute Gasteiger partial charge is 0.382 e. The summed E-state index contributed by atoms with van der Waals surface area (Å²) in [5.41, 5.74) is -2.45. The molecule has 2 fully saturated rings. The Hall–Kier alpha value is -3.88. The summed E-state index contributed by atoms with van der Waals surface area (Å²) in [6, 6.07) is 12.0. The lowest BCUT2D eigenvalue weighted by Gasteiger charge is -2.41. The number of amides is 2. The van der Waals surface area contributed by atoms with Gasteiger partial charge in [-0.2, -0.15) is 13.2 Å². The summed E-state index contributed by atoms with van der Waals surface area (Å²) in [4.78, 5) is 29.2. The molecule has 2 atom stereocenters. The maximum atomic E-state index is 15.2. The predicted molar refractivity (Wildman–Crippen MR) is 155 cm³/mol. The molecule has 2 N–H and O–H groups in total. The number of likely N-dealkylation sites (tertiary alicyclic amines) is 1. The minimum Gasteiger partial charge on any atom is -0.382 e. The van der Waals surface area contributed by atoms with Crippen molar-refractivity contribution in [2.45, 2.75) is 70.5 Å². The molecule has 42 heavy (non-hydrogen) atoms. The first-order chi connectivity index (χ1) is 22.4. The van der Waals surface area contributed by atoms with Crippen molar-refractivity contribution < 1.29 is 35.4 Å². The first-order valence-corrected chi connectivity index (χ1v) is 13.9. The molecule has 5 nitrogen and oxygen atoms in total. The summed E-state index contributed by atoms with van der Waals surface area (Å²) in [5, 5.41) is 5.93. The number of anilines is 2. The Kier molecular flexibility index (Phi) is 6.57. The number of carbonyl (C=O) groups is 2. The van der Waals surface area contributed by atoms with Crippen LogP contribution in [0.5, 0.6) is 0 Å². The van der Waals surface area contributed by atoms with Gasteiger partial charge in [-0.15, -0.1) is 0 Å². The van der Waals surface area contributed by atoms with Crippen LogP contribution < -0.4 is 10.6 Å². The minimum atomic E-state index is -5.02. The molecule has 1 saturated carbocycles. The number of hydrogen-bond acceptors (Lipinski definition) is 3. The van der Waals surface area contributed by atoms with Gasteiger partial charge in [-0.3, -0.25) is 9.59 Å². The standard InChI is InChI=1S/C33H35F4N3O2/c1-20-12-15-25(19-27(20)33(35,36)37)39-31(41)26-10-6-18-40(32(42)29-21(2)7-5-11-28(29)34)30(26)22-13-16-24(17-14-22)38-23-8-3-4-9-23/h5,7,11-17,19,23,26,30,38H,3-4,6,8-10,18H2,1-2H3,(H,39,41)/t26-,30-/m0/s1/i1D3,2D3. The van der Waals surface area contributed by atoms with Gasteiger partial charge in [0.25, 0.3) is 5.91 Å². The van der Waals surface area contributed by atoms with Crippen LogP contribution in [0.3, 0.4) is 0 Å². The first kappa shape index (κ1) is 22.7. The second-order valence-corrected chi connectivity index (χ2v) is 10.8. The SMILES string of the molecule is [2H]C([2H])([2H])c1ccc(NC(=O)[C@H]2CCCN(C(=O)c3c(F)cccc3C([2H])([2H])[2H])[C@H]2c2ccc(NC3CCCC3)cc2)cc1C(F)(F)F. The maximum absolute atomic E-state index is 15.2. The molecule has 1 aliphatic heterocycles. The van der Waals surface area contributed by atoms with Crippen molar-refractivity contribution >= 4 is 23.2 Å². The number of carbonyl (C=O) groups excluding carboxylic acids is 2. The molecule has 222 valence electrons. The Morgan fingerprint density at radius 1 is 0.905 bits per heavy atom. The number of halogens is 4.